The lowest BCUT2D eigenvalue weighted by molar-refractivity contribution is -0.121. The lowest BCUT2D eigenvalue weighted by Crippen LogP contribution is -2.25. The van der Waals surface area contributed by atoms with Gasteiger partial charge in [-0.3, -0.25) is 9.78 Å². The van der Waals surface area contributed by atoms with E-state index in [4.69, 9.17) is 0 Å². The molecule has 1 N–H and O–H groups in total. The summed E-state index contributed by atoms with van der Waals surface area (Å²) < 4.78 is 0. The third-order valence-electron chi connectivity index (χ3n) is 2.74. The van der Waals surface area contributed by atoms with Crippen LogP contribution >= 0.6 is 0 Å². The van der Waals surface area contributed by atoms with Crippen LogP contribution in [-0.4, -0.2) is 17.4 Å². The van der Waals surface area contributed by atoms with Crippen molar-refractivity contribution in [1.29, 1.82) is 0 Å². The molecule has 0 aromatic carbocycles. The fraction of sp³-hybridized carbons (Fsp3) is 0.571. The number of aromatic nitrogens is 1. The number of amides is 1. The summed E-state index contributed by atoms with van der Waals surface area (Å²) in [6, 6.07) is 3.96. The van der Waals surface area contributed by atoms with Crippen molar-refractivity contribution < 1.29 is 4.79 Å². The van der Waals surface area contributed by atoms with Crippen molar-refractivity contribution in [2.45, 2.75) is 45.4 Å². The molecule has 0 radical (unpaired) electrons. The maximum Gasteiger partial charge on any atom is 0.220 e. The Hall–Kier alpha value is -1.38. The van der Waals surface area contributed by atoms with E-state index in [2.05, 4.69) is 17.2 Å². The van der Waals surface area contributed by atoms with Crippen LogP contribution in [0, 0.1) is 0 Å². The zero-order valence-electron chi connectivity index (χ0n) is 10.6. The number of hydrogen-bond acceptors (Lipinski definition) is 2. The van der Waals surface area contributed by atoms with Crippen LogP contribution in [-0.2, 0) is 11.2 Å². The molecule has 0 saturated heterocycles. The van der Waals surface area contributed by atoms with E-state index in [1.807, 2.05) is 12.1 Å². The van der Waals surface area contributed by atoms with Gasteiger partial charge in [0.25, 0.3) is 0 Å². The van der Waals surface area contributed by atoms with Gasteiger partial charge in [-0.15, -0.1) is 0 Å². The van der Waals surface area contributed by atoms with Gasteiger partial charge >= 0.3 is 0 Å². The minimum Gasteiger partial charge on any atom is -0.356 e. The molecule has 1 rings (SSSR count). The van der Waals surface area contributed by atoms with Gasteiger partial charge < -0.3 is 5.32 Å². The minimum absolute atomic E-state index is 0.176. The predicted molar refractivity (Wildman–Crippen MR) is 69.7 cm³/mol. The number of hydrogen-bond donors (Lipinski definition) is 1. The highest BCUT2D eigenvalue weighted by Gasteiger charge is 2.00. The van der Waals surface area contributed by atoms with Crippen LogP contribution in [0.2, 0.25) is 0 Å². The summed E-state index contributed by atoms with van der Waals surface area (Å²) in [5.74, 6) is 0.176. The van der Waals surface area contributed by atoms with Crippen molar-refractivity contribution in [1.82, 2.24) is 10.3 Å². The van der Waals surface area contributed by atoms with E-state index in [1.54, 1.807) is 12.4 Å². The fourth-order valence-corrected chi connectivity index (χ4v) is 1.70. The molecule has 0 bridgehead atoms. The minimum atomic E-state index is 0.176. The standard InChI is InChI=1S/C14H22N2O/c1-2-3-4-5-6-14(17)16-12-9-13-7-10-15-11-8-13/h7-8,10-11H,2-6,9,12H2,1H3,(H,16,17). The third-order valence-corrected chi connectivity index (χ3v) is 2.74. The Morgan fingerprint density at radius 2 is 2.00 bits per heavy atom. The van der Waals surface area contributed by atoms with E-state index in [1.165, 1.54) is 18.4 Å². The highest BCUT2D eigenvalue weighted by Crippen LogP contribution is 2.02. The van der Waals surface area contributed by atoms with Crippen molar-refractivity contribution in [2.75, 3.05) is 6.54 Å². The van der Waals surface area contributed by atoms with Crippen molar-refractivity contribution in [3.05, 3.63) is 30.1 Å². The number of carbonyl (C=O) groups is 1. The van der Waals surface area contributed by atoms with Crippen LogP contribution in [0.1, 0.15) is 44.6 Å². The molecule has 0 atom stereocenters. The van der Waals surface area contributed by atoms with Crippen LogP contribution in [0.5, 0.6) is 0 Å². The molecule has 0 spiro atoms. The first-order chi connectivity index (χ1) is 8.33. The van der Waals surface area contributed by atoms with Crippen molar-refractivity contribution in [3.8, 4) is 0 Å². The lowest BCUT2D eigenvalue weighted by atomic mass is 10.1. The largest absolute Gasteiger partial charge is 0.356 e. The quantitative estimate of drug-likeness (QED) is 0.703. The molecular weight excluding hydrogens is 212 g/mol. The Morgan fingerprint density at radius 3 is 2.71 bits per heavy atom. The van der Waals surface area contributed by atoms with E-state index in [-0.39, 0.29) is 5.91 Å². The van der Waals surface area contributed by atoms with Crippen molar-refractivity contribution in [3.63, 3.8) is 0 Å². The van der Waals surface area contributed by atoms with Gasteiger partial charge in [-0.05, 0) is 30.5 Å². The predicted octanol–water partition coefficient (Wildman–Crippen LogP) is 2.71. The second-order valence-corrected chi connectivity index (χ2v) is 4.27. The summed E-state index contributed by atoms with van der Waals surface area (Å²) in [5, 5.41) is 2.95. The molecular formula is C14H22N2O. The highest BCUT2D eigenvalue weighted by molar-refractivity contribution is 5.75. The highest BCUT2D eigenvalue weighted by atomic mass is 16.1. The molecule has 0 aliphatic rings. The Balaban J connectivity index is 2.04. The second kappa shape index (κ2) is 8.74. The molecule has 0 fully saturated rings. The molecule has 1 aromatic rings. The monoisotopic (exact) mass is 234 g/mol. The zero-order valence-corrected chi connectivity index (χ0v) is 10.6. The summed E-state index contributed by atoms with van der Waals surface area (Å²) in [6.45, 7) is 2.89. The lowest BCUT2D eigenvalue weighted by Gasteiger charge is -2.05. The maximum atomic E-state index is 11.5. The SMILES string of the molecule is CCCCCCC(=O)NCCc1ccncc1. The Kier molecular flexibility index (Phi) is 7.03. The number of rotatable bonds is 8. The van der Waals surface area contributed by atoms with Gasteiger partial charge in [0.1, 0.15) is 0 Å². The fourth-order valence-electron chi connectivity index (χ4n) is 1.70. The van der Waals surface area contributed by atoms with Crippen LogP contribution < -0.4 is 5.32 Å². The second-order valence-electron chi connectivity index (χ2n) is 4.27. The molecule has 0 aliphatic carbocycles. The number of nitrogens with zero attached hydrogens (tertiary/aromatic N) is 1. The summed E-state index contributed by atoms with van der Waals surface area (Å²) >= 11 is 0. The molecule has 1 amide bonds. The zero-order chi connectivity index (χ0) is 12.3. The topological polar surface area (TPSA) is 42.0 Å². The summed E-state index contributed by atoms with van der Waals surface area (Å²) in [4.78, 5) is 15.4. The first-order valence-corrected chi connectivity index (χ1v) is 6.48. The molecule has 0 aliphatic heterocycles. The van der Waals surface area contributed by atoms with Gasteiger partial charge in [-0.25, -0.2) is 0 Å². The van der Waals surface area contributed by atoms with Crippen LogP contribution in [0.25, 0.3) is 0 Å². The van der Waals surface area contributed by atoms with E-state index in [0.717, 1.165) is 25.8 Å². The molecule has 1 aromatic heterocycles. The van der Waals surface area contributed by atoms with E-state index >= 15 is 0 Å². The van der Waals surface area contributed by atoms with Gasteiger partial charge in [-0.2, -0.15) is 0 Å². The Labute approximate surface area is 104 Å². The van der Waals surface area contributed by atoms with Crippen molar-refractivity contribution >= 4 is 5.91 Å². The van der Waals surface area contributed by atoms with E-state index in [9.17, 15) is 4.79 Å². The molecule has 3 heteroatoms. The number of nitrogens with one attached hydrogen (secondary N) is 1. The summed E-state index contributed by atoms with van der Waals surface area (Å²) in [5.41, 5.74) is 1.21. The summed E-state index contributed by atoms with van der Waals surface area (Å²) in [7, 11) is 0. The number of carbonyl (C=O) groups excluding carboxylic acids is 1. The van der Waals surface area contributed by atoms with Gasteiger partial charge in [0.2, 0.25) is 5.91 Å². The smallest absolute Gasteiger partial charge is 0.220 e. The first kappa shape index (κ1) is 13.7. The maximum absolute atomic E-state index is 11.5. The van der Waals surface area contributed by atoms with Crippen LogP contribution in [0.4, 0.5) is 0 Å². The van der Waals surface area contributed by atoms with Crippen LogP contribution in [0.15, 0.2) is 24.5 Å². The summed E-state index contributed by atoms with van der Waals surface area (Å²) in [6.07, 6.45) is 9.71. The molecule has 1 heterocycles. The van der Waals surface area contributed by atoms with Gasteiger partial charge in [0, 0.05) is 25.4 Å². The van der Waals surface area contributed by atoms with Crippen LogP contribution in [0.3, 0.4) is 0 Å². The van der Waals surface area contributed by atoms with Gasteiger partial charge in [0.15, 0.2) is 0 Å². The molecule has 17 heavy (non-hydrogen) atoms. The Morgan fingerprint density at radius 1 is 1.24 bits per heavy atom. The average Bonchev–Trinajstić information content (AvgIpc) is 2.36. The molecule has 3 nitrogen and oxygen atoms in total. The third kappa shape index (κ3) is 6.72. The molecule has 94 valence electrons. The number of unbranched alkanes of at least 4 members (excludes halogenated alkanes) is 3. The first-order valence-electron chi connectivity index (χ1n) is 6.48. The number of pyridine rings is 1. The average molecular weight is 234 g/mol. The van der Waals surface area contributed by atoms with Gasteiger partial charge in [0.05, 0.1) is 0 Å². The Bertz CT molecular complexity index is 311. The molecule has 0 unspecified atom stereocenters. The van der Waals surface area contributed by atoms with E-state index < -0.39 is 0 Å². The normalized spacial score (nSPS) is 10.2. The van der Waals surface area contributed by atoms with Gasteiger partial charge in [-0.1, -0.05) is 26.2 Å². The van der Waals surface area contributed by atoms with Crippen molar-refractivity contribution in [2.24, 2.45) is 0 Å². The molecule has 0 saturated carbocycles. The van der Waals surface area contributed by atoms with E-state index in [0.29, 0.717) is 6.42 Å².